The molecule has 1 aromatic carbocycles. The Hall–Kier alpha value is -3.07. The highest BCUT2D eigenvalue weighted by atomic mass is 16.2. The van der Waals surface area contributed by atoms with Gasteiger partial charge in [-0.25, -0.2) is 9.97 Å². The van der Waals surface area contributed by atoms with Crippen LogP contribution in [0.3, 0.4) is 0 Å². The van der Waals surface area contributed by atoms with Crippen molar-refractivity contribution in [3.05, 3.63) is 58.7 Å². The van der Waals surface area contributed by atoms with Crippen LogP contribution < -0.4 is 0 Å². The molecular formula is C20H20N4O2. The molecule has 26 heavy (non-hydrogen) atoms. The number of nitriles is 1. The first-order valence-electron chi connectivity index (χ1n) is 8.60. The minimum atomic E-state index is -0.957. The molecule has 0 N–H and O–H groups in total. The molecular weight excluding hydrogens is 328 g/mol. The van der Waals surface area contributed by atoms with Crippen LogP contribution in [0.15, 0.2) is 30.3 Å². The van der Waals surface area contributed by atoms with E-state index in [4.69, 9.17) is 0 Å². The summed E-state index contributed by atoms with van der Waals surface area (Å²) >= 11 is 0. The van der Waals surface area contributed by atoms with Crippen molar-refractivity contribution >= 4 is 11.7 Å². The largest absolute Gasteiger partial charge is 0.338 e. The zero-order valence-electron chi connectivity index (χ0n) is 14.9. The molecule has 1 fully saturated rings. The summed E-state index contributed by atoms with van der Waals surface area (Å²) in [5.74, 6) is -0.530. The fourth-order valence-electron chi connectivity index (χ4n) is 3.19. The van der Waals surface area contributed by atoms with Crippen molar-refractivity contribution in [1.82, 2.24) is 14.9 Å². The molecule has 6 heteroatoms. The van der Waals surface area contributed by atoms with Gasteiger partial charge in [-0.05, 0) is 31.9 Å². The standard InChI is InChI=1S/C20H20N4O2/c1-13-10-18(23-14(2)22-13)17(11-21)20(26)16-7-5-15(6-8-16)12-24-9-3-4-19(24)25/h5-8,10,17H,3-4,9,12H2,1-2H3/t17-/m1/s1. The smallest absolute Gasteiger partial charge is 0.222 e. The van der Waals surface area contributed by atoms with E-state index in [0.29, 0.717) is 30.0 Å². The molecule has 1 aliphatic rings. The van der Waals surface area contributed by atoms with Crippen LogP contribution in [0.4, 0.5) is 0 Å². The van der Waals surface area contributed by atoms with Crippen LogP contribution in [0.2, 0.25) is 0 Å². The highest BCUT2D eigenvalue weighted by Gasteiger charge is 2.24. The second kappa shape index (κ2) is 7.44. The topological polar surface area (TPSA) is 87.0 Å². The van der Waals surface area contributed by atoms with E-state index in [-0.39, 0.29) is 11.7 Å². The van der Waals surface area contributed by atoms with Crippen molar-refractivity contribution in [3.8, 4) is 6.07 Å². The summed E-state index contributed by atoms with van der Waals surface area (Å²) in [6.45, 7) is 4.89. The highest BCUT2D eigenvalue weighted by Crippen LogP contribution is 2.21. The molecule has 3 rings (SSSR count). The number of benzene rings is 1. The number of Topliss-reactive ketones (excluding diaryl/α,β-unsaturated/α-hetero) is 1. The van der Waals surface area contributed by atoms with Crippen LogP contribution in [0.25, 0.3) is 0 Å². The number of amides is 1. The van der Waals surface area contributed by atoms with Crippen molar-refractivity contribution in [1.29, 1.82) is 5.26 Å². The lowest BCUT2D eigenvalue weighted by Crippen LogP contribution is -2.23. The van der Waals surface area contributed by atoms with Gasteiger partial charge in [0, 0.05) is 30.8 Å². The third kappa shape index (κ3) is 3.77. The lowest BCUT2D eigenvalue weighted by molar-refractivity contribution is -0.128. The average Bonchev–Trinajstić information content (AvgIpc) is 3.00. The Morgan fingerprint density at radius 1 is 1.27 bits per heavy atom. The van der Waals surface area contributed by atoms with Crippen molar-refractivity contribution in [3.63, 3.8) is 0 Å². The Balaban J connectivity index is 1.78. The number of hydrogen-bond acceptors (Lipinski definition) is 5. The second-order valence-corrected chi connectivity index (χ2v) is 6.52. The van der Waals surface area contributed by atoms with E-state index < -0.39 is 5.92 Å². The number of aryl methyl sites for hydroxylation is 2. The maximum Gasteiger partial charge on any atom is 0.222 e. The van der Waals surface area contributed by atoms with E-state index in [2.05, 4.69) is 16.0 Å². The minimum Gasteiger partial charge on any atom is -0.338 e. The van der Waals surface area contributed by atoms with Crippen molar-refractivity contribution in [2.24, 2.45) is 0 Å². The maximum absolute atomic E-state index is 12.8. The van der Waals surface area contributed by atoms with E-state index >= 15 is 0 Å². The van der Waals surface area contributed by atoms with Crippen LogP contribution in [0.5, 0.6) is 0 Å². The number of carbonyl (C=O) groups excluding carboxylic acids is 2. The van der Waals surface area contributed by atoms with Crippen LogP contribution in [0.1, 0.15) is 51.9 Å². The predicted octanol–water partition coefficient (Wildman–Crippen LogP) is 2.71. The molecule has 132 valence electrons. The highest BCUT2D eigenvalue weighted by molar-refractivity contribution is 6.02. The number of aromatic nitrogens is 2. The minimum absolute atomic E-state index is 0.171. The number of rotatable bonds is 5. The van der Waals surface area contributed by atoms with E-state index in [0.717, 1.165) is 24.2 Å². The summed E-state index contributed by atoms with van der Waals surface area (Å²) in [7, 11) is 0. The summed E-state index contributed by atoms with van der Waals surface area (Å²) < 4.78 is 0. The normalized spacial score (nSPS) is 15.0. The van der Waals surface area contributed by atoms with Gasteiger partial charge in [0.1, 0.15) is 5.82 Å². The zero-order chi connectivity index (χ0) is 18.7. The Morgan fingerprint density at radius 3 is 2.58 bits per heavy atom. The fraction of sp³-hybridized carbons (Fsp3) is 0.350. The van der Waals surface area contributed by atoms with Crippen molar-refractivity contribution < 1.29 is 9.59 Å². The number of likely N-dealkylation sites (tertiary alicyclic amines) is 1. The van der Waals surface area contributed by atoms with Gasteiger partial charge in [-0.1, -0.05) is 24.3 Å². The Bertz CT molecular complexity index is 863. The fourth-order valence-corrected chi connectivity index (χ4v) is 3.19. The quantitative estimate of drug-likeness (QED) is 0.775. The molecule has 1 amide bonds. The first-order chi connectivity index (χ1) is 12.5. The molecule has 0 aliphatic carbocycles. The van der Waals surface area contributed by atoms with Crippen molar-refractivity contribution in [2.75, 3.05) is 6.54 Å². The molecule has 0 unspecified atom stereocenters. The van der Waals surface area contributed by atoms with Crippen LogP contribution >= 0.6 is 0 Å². The summed E-state index contributed by atoms with van der Waals surface area (Å²) in [6.07, 6.45) is 1.51. The molecule has 0 saturated carbocycles. The maximum atomic E-state index is 12.8. The first-order valence-corrected chi connectivity index (χ1v) is 8.60. The van der Waals surface area contributed by atoms with E-state index in [1.165, 1.54) is 0 Å². The van der Waals surface area contributed by atoms with Gasteiger partial charge in [-0.15, -0.1) is 0 Å². The van der Waals surface area contributed by atoms with E-state index in [1.807, 2.05) is 24.0 Å². The number of hydrogen-bond donors (Lipinski definition) is 0. The third-order valence-corrected chi connectivity index (χ3v) is 4.46. The molecule has 1 aromatic heterocycles. The molecule has 6 nitrogen and oxygen atoms in total. The number of ketones is 1. The van der Waals surface area contributed by atoms with Crippen LogP contribution in [0, 0.1) is 25.2 Å². The summed E-state index contributed by atoms with van der Waals surface area (Å²) in [5.41, 5.74) is 2.58. The molecule has 0 radical (unpaired) electrons. The van der Waals surface area contributed by atoms with Gasteiger partial charge >= 0.3 is 0 Å². The van der Waals surface area contributed by atoms with E-state index in [9.17, 15) is 14.9 Å². The van der Waals surface area contributed by atoms with Gasteiger partial charge in [0.05, 0.1) is 11.8 Å². The van der Waals surface area contributed by atoms with Crippen molar-refractivity contribution in [2.45, 2.75) is 39.2 Å². The van der Waals surface area contributed by atoms with Crippen LogP contribution in [-0.4, -0.2) is 33.1 Å². The Kier molecular flexibility index (Phi) is 5.08. The van der Waals surface area contributed by atoms with Gasteiger partial charge in [-0.3, -0.25) is 9.59 Å². The zero-order valence-corrected chi connectivity index (χ0v) is 14.9. The Morgan fingerprint density at radius 2 is 2.00 bits per heavy atom. The van der Waals surface area contributed by atoms with Gasteiger partial charge < -0.3 is 4.90 Å². The average molecular weight is 348 g/mol. The van der Waals surface area contributed by atoms with Crippen LogP contribution in [-0.2, 0) is 11.3 Å². The summed E-state index contributed by atoms with van der Waals surface area (Å²) in [4.78, 5) is 34.7. The van der Waals surface area contributed by atoms with E-state index in [1.54, 1.807) is 25.1 Å². The lowest BCUT2D eigenvalue weighted by atomic mass is 9.94. The second-order valence-electron chi connectivity index (χ2n) is 6.52. The SMILES string of the molecule is Cc1cc([C@@H](C#N)C(=O)c2ccc(CN3CCCC3=O)cc2)nc(C)n1. The molecule has 2 heterocycles. The lowest BCUT2D eigenvalue weighted by Gasteiger charge is -2.15. The van der Waals surface area contributed by atoms with Gasteiger partial charge in [0.2, 0.25) is 5.91 Å². The summed E-state index contributed by atoms with van der Waals surface area (Å²) in [6, 6.07) is 10.8. The van der Waals surface area contributed by atoms with Gasteiger partial charge in [-0.2, -0.15) is 5.26 Å². The van der Waals surface area contributed by atoms with Gasteiger partial charge in [0.15, 0.2) is 11.7 Å². The number of carbonyl (C=O) groups is 2. The third-order valence-electron chi connectivity index (χ3n) is 4.46. The summed E-state index contributed by atoms with van der Waals surface area (Å²) in [5, 5.41) is 9.49. The monoisotopic (exact) mass is 348 g/mol. The molecule has 1 saturated heterocycles. The molecule has 2 aromatic rings. The first kappa shape index (κ1) is 17.7. The molecule has 0 spiro atoms. The van der Waals surface area contributed by atoms with Gasteiger partial charge in [0.25, 0.3) is 0 Å². The molecule has 1 atom stereocenters. The molecule has 1 aliphatic heterocycles. The molecule has 0 bridgehead atoms. The predicted molar refractivity (Wildman–Crippen MR) is 95.3 cm³/mol. The number of nitrogens with zero attached hydrogens (tertiary/aromatic N) is 4. The Labute approximate surface area is 152 Å².